The van der Waals surface area contributed by atoms with Gasteiger partial charge in [0.2, 0.25) is 11.8 Å². The third kappa shape index (κ3) is 4.34. The number of aromatic nitrogens is 3. The van der Waals surface area contributed by atoms with Gasteiger partial charge >= 0.3 is 0 Å². The summed E-state index contributed by atoms with van der Waals surface area (Å²) in [7, 11) is 0. The van der Waals surface area contributed by atoms with E-state index in [0.717, 1.165) is 11.1 Å². The van der Waals surface area contributed by atoms with Gasteiger partial charge in [0, 0.05) is 62.2 Å². The highest BCUT2D eigenvalue weighted by Crippen LogP contribution is 2.33. The average molecular weight is 403 g/mol. The molecule has 0 aliphatic carbocycles. The molecular formula is C20H23F2N5O2. The molecule has 154 valence electrons. The molecule has 1 fully saturated rings. The third-order valence-electron chi connectivity index (χ3n) is 5.50. The molecule has 0 spiro atoms. The van der Waals surface area contributed by atoms with Gasteiger partial charge in [0.1, 0.15) is 18.3 Å². The summed E-state index contributed by atoms with van der Waals surface area (Å²) >= 11 is 0. The van der Waals surface area contributed by atoms with E-state index in [9.17, 15) is 13.6 Å². The Kier molecular flexibility index (Phi) is 5.40. The maximum Gasteiger partial charge on any atom is 0.250 e. The normalized spacial score (nSPS) is 21.8. The molecule has 1 amide bonds. The van der Waals surface area contributed by atoms with E-state index in [-0.39, 0.29) is 51.0 Å². The van der Waals surface area contributed by atoms with Gasteiger partial charge in [-0.05, 0) is 13.0 Å². The number of nitrogens with one attached hydrogen (secondary N) is 1. The number of pyridine rings is 1. The van der Waals surface area contributed by atoms with E-state index < -0.39 is 11.8 Å². The zero-order valence-corrected chi connectivity index (χ0v) is 16.1. The summed E-state index contributed by atoms with van der Waals surface area (Å²) in [6.45, 7) is 2.81. The maximum absolute atomic E-state index is 13.6. The van der Waals surface area contributed by atoms with Gasteiger partial charge < -0.3 is 10.1 Å². The summed E-state index contributed by atoms with van der Waals surface area (Å²) in [5.41, 5.74) is 1.56. The van der Waals surface area contributed by atoms with Crippen LogP contribution < -0.4 is 10.1 Å². The molecule has 2 aromatic heterocycles. The molecule has 0 radical (unpaired) electrons. The van der Waals surface area contributed by atoms with Crippen LogP contribution in [0.1, 0.15) is 41.8 Å². The second-order valence-electron chi connectivity index (χ2n) is 7.48. The van der Waals surface area contributed by atoms with Crippen molar-refractivity contribution in [1.29, 1.82) is 0 Å². The minimum Gasteiger partial charge on any atom is -0.476 e. The van der Waals surface area contributed by atoms with E-state index in [1.54, 1.807) is 31.6 Å². The highest BCUT2D eigenvalue weighted by Gasteiger charge is 2.37. The lowest BCUT2D eigenvalue weighted by molar-refractivity contribution is -0.123. The van der Waals surface area contributed by atoms with Crippen molar-refractivity contribution < 1.29 is 18.3 Å². The predicted octanol–water partition coefficient (Wildman–Crippen LogP) is 2.24. The quantitative estimate of drug-likeness (QED) is 0.825. The van der Waals surface area contributed by atoms with Crippen molar-refractivity contribution in [2.24, 2.45) is 0 Å². The molecular weight excluding hydrogens is 380 g/mol. The SMILES string of the molecule is Cc1ncc([C@H](CNC(=O)[C@@H]2COc3ncccc32)N2CCC(F)(F)CC2)cn1. The number of halogens is 2. The monoisotopic (exact) mass is 403 g/mol. The Labute approximate surface area is 167 Å². The van der Waals surface area contributed by atoms with Crippen LogP contribution in [-0.4, -0.2) is 57.9 Å². The van der Waals surface area contributed by atoms with Crippen LogP contribution in [0.4, 0.5) is 8.78 Å². The van der Waals surface area contributed by atoms with Crippen LogP contribution in [-0.2, 0) is 4.79 Å². The summed E-state index contributed by atoms with van der Waals surface area (Å²) < 4.78 is 32.7. The fraction of sp³-hybridized carbons (Fsp3) is 0.500. The van der Waals surface area contributed by atoms with Gasteiger partial charge in [0.25, 0.3) is 5.92 Å². The van der Waals surface area contributed by atoms with E-state index in [1.165, 1.54) is 0 Å². The Morgan fingerprint density at radius 3 is 2.76 bits per heavy atom. The molecule has 2 aliphatic rings. The first kappa shape index (κ1) is 19.6. The van der Waals surface area contributed by atoms with Gasteiger partial charge in [-0.2, -0.15) is 0 Å². The van der Waals surface area contributed by atoms with Crippen molar-refractivity contribution in [2.75, 3.05) is 26.2 Å². The van der Waals surface area contributed by atoms with Crippen LogP contribution in [0.3, 0.4) is 0 Å². The van der Waals surface area contributed by atoms with Gasteiger partial charge in [-0.1, -0.05) is 6.07 Å². The maximum atomic E-state index is 13.6. The number of hydrogen-bond acceptors (Lipinski definition) is 6. The van der Waals surface area contributed by atoms with Crippen molar-refractivity contribution in [3.63, 3.8) is 0 Å². The first-order chi connectivity index (χ1) is 13.9. The minimum absolute atomic E-state index is 0.169. The number of amides is 1. The number of carbonyl (C=O) groups is 1. The molecule has 0 aromatic carbocycles. The molecule has 4 rings (SSSR count). The predicted molar refractivity (Wildman–Crippen MR) is 101 cm³/mol. The van der Waals surface area contributed by atoms with Crippen LogP contribution in [0.15, 0.2) is 30.7 Å². The molecule has 0 unspecified atom stereocenters. The molecule has 4 heterocycles. The van der Waals surface area contributed by atoms with E-state index >= 15 is 0 Å². The second-order valence-corrected chi connectivity index (χ2v) is 7.48. The summed E-state index contributed by atoms with van der Waals surface area (Å²) in [6, 6.07) is 3.33. The van der Waals surface area contributed by atoms with Crippen LogP contribution in [0, 0.1) is 6.92 Å². The molecule has 2 aromatic rings. The molecule has 7 nitrogen and oxygen atoms in total. The summed E-state index contributed by atoms with van der Waals surface area (Å²) in [4.78, 5) is 27.4. The molecule has 1 N–H and O–H groups in total. The van der Waals surface area contributed by atoms with Crippen molar-refractivity contribution in [2.45, 2.75) is 37.6 Å². The zero-order chi connectivity index (χ0) is 20.4. The van der Waals surface area contributed by atoms with Crippen LogP contribution in [0.5, 0.6) is 5.88 Å². The third-order valence-corrected chi connectivity index (χ3v) is 5.50. The molecule has 2 atom stereocenters. The smallest absolute Gasteiger partial charge is 0.250 e. The van der Waals surface area contributed by atoms with Gasteiger partial charge in [-0.3, -0.25) is 9.69 Å². The number of nitrogens with zero attached hydrogens (tertiary/aromatic N) is 4. The Bertz CT molecular complexity index is 867. The number of ether oxygens (including phenoxy) is 1. The number of piperidine rings is 1. The molecule has 0 bridgehead atoms. The fourth-order valence-electron chi connectivity index (χ4n) is 3.77. The number of aryl methyl sites for hydroxylation is 1. The second kappa shape index (κ2) is 7.98. The Morgan fingerprint density at radius 1 is 1.31 bits per heavy atom. The van der Waals surface area contributed by atoms with Gasteiger partial charge in [0.05, 0.1) is 6.04 Å². The fourth-order valence-corrected chi connectivity index (χ4v) is 3.77. The lowest BCUT2D eigenvalue weighted by Gasteiger charge is -2.37. The van der Waals surface area contributed by atoms with Gasteiger partial charge in [0.15, 0.2) is 0 Å². The Balaban J connectivity index is 1.47. The number of fused-ring (bicyclic) bond motifs is 1. The van der Waals surface area contributed by atoms with Gasteiger partial charge in [-0.25, -0.2) is 23.7 Å². The standard InChI is InChI=1S/C20H23F2N5O2/c1-13-24-9-14(10-25-13)17(27-7-4-20(21,22)5-8-27)11-26-18(28)16-12-29-19-15(16)3-2-6-23-19/h2-3,6,9-10,16-17H,4-5,7-8,11-12H2,1H3,(H,26,28)/t16-,17+/m1/s1. The van der Waals surface area contributed by atoms with Crippen LogP contribution in [0.2, 0.25) is 0 Å². The zero-order valence-electron chi connectivity index (χ0n) is 16.1. The molecule has 0 saturated carbocycles. The highest BCUT2D eigenvalue weighted by molar-refractivity contribution is 5.85. The first-order valence-electron chi connectivity index (χ1n) is 9.69. The van der Waals surface area contributed by atoms with E-state index in [0.29, 0.717) is 11.7 Å². The largest absolute Gasteiger partial charge is 0.476 e. The summed E-state index contributed by atoms with van der Waals surface area (Å²) in [6.07, 6.45) is 4.63. The number of carbonyl (C=O) groups excluding carboxylic acids is 1. The molecule has 1 saturated heterocycles. The van der Waals surface area contributed by atoms with E-state index in [4.69, 9.17) is 4.74 Å². The van der Waals surface area contributed by atoms with Crippen molar-refractivity contribution in [3.8, 4) is 5.88 Å². The van der Waals surface area contributed by atoms with Crippen LogP contribution in [0.25, 0.3) is 0 Å². The molecule has 2 aliphatic heterocycles. The first-order valence-corrected chi connectivity index (χ1v) is 9.69. The Hall–Kier alpha value is -2.68. The summed E-state index contributed by atoms with van der Waals surface area (Å²) in [5.74, 6) is -2.12. The van der Waals surface area contributed by atoms with E-state index in [2.05, 4.69) is 20.3 Å². The topological polar surface area (TPSA) is 80.2 Å². The average Bonchev–Trinajstić information content (AvgIpc) is 3.14. The molecule has 9 heteroatoms. The number of rotatable bonds is 5. The minimum atomic E-state index is -2.63. The summed E-state index contributed by atoms with van der Waals surface area (Å²) in [5, 5.41) is 2.97. The number of hydrogen-bond donors (Lipinski definition) is 1. The highest BCUT2D eigenvalue weighted by atomic mass is 19.3. The van der Waals surface area contributed by atoms with Gasteiger partial charge in [-0.15, -0.1) is 0 Å². The van der Waals surface area contributed by atoms with Crippen molar-refractivity contribution in [3.05, 3.63) is 47.7 Å². The Morgan fingerprint density at radius 2 is 2.03 bits per heavy atom. The van der Waals surface area contributed by atoms with E-state index in [1.807, 2.05) is 11.0 Å². The number of alkyl halides is 2. The van der Waals surface area contributed by atoms with Crippen molar-refractivity contribution >= 4 is 5.91 Å². The van der Waals surface area contributed by atoms with Crippen molar-refractivity contribution in [1.82, 2.24) is 25.2 Å². The molecule has 29 heavy (non-hydrogen) atoms. The number of likely N-dealkylation sites (tertiary alicyclic amines) is 1. The lowest BCUT2D eigenvalue weighted by atomic mass is 10.00. The van der Waals surface area contributed by atoms with Crippen LogP contribution >= 0.6 is 0 Å². The lowest BCUT2D eigenvalue weighted by Crippen LogP contribution is -2.45.